The monoisotopic (exact) mass is 288 g/mol. The number of rotatable bonds is 2. The van der Waals surface area contributed by atoms with Gasteiger partial charge in [0.15, 0.2) is 0 Å². The number of aliphatic hydroxyl groups is 1. The molecule has 1 nitrogen and oxygen atoms in total. The van der Waals surface area contributed by atoms with Gasteiger partial charge in [0, 0.05) is 21.2 Å². The first-order valence-electron chi connectivity index (χ1n) is 5.55. The van der Waals surface area contributed by atoms with Crippen molar-refractivity contribution >= 4 is 27.3 Å². The summed E-state index contributed by atoms with van der Waals surface area (Å²) in [5, 5.41) is 12.7. The Labute approximate surface area is 104 Å². The van der Waals surface area contributed by atoms with E-state index in [-0.39, 0.29) is 0 Å². The van der Waals surface area contributed by atoms with E-state index in [1.807, 2.05) is 0 Å². The minimum Gasteiger partial charge on any atom is -0.389 e. The Balaban J connectivity index is 2.08. The van der Waals surface area contributed by atoms with E-state index in [0.717, 1.165) is 17.3 Å². The molecule has 1 aliphatic rings. The fraction of sp³-hybridized carbons (Fsp3) is 0.667. The largest absolute Gasteiger partial charge is 0.389 e. The lowest BCUT2D eigenvalue weighted by Gasteiger charge is -2.38. The molecule has 1 aliphatic carbocycles. The Morgan fingerprint density at radius 2 is 2.40 bits per heavy atom. The summed E-state index contributed by atoms with van der Waals surface area (Å²) in [6.45, 7) is 2.18. The molecule has 1 aromatic rings. The second-order valence-electron chi connectivity index (χ2n) is 4.66. The lowest BCUT2D eigenvalue weighted by atomic mass is 9.74. The van der Waals surface area contributed by atoms with Gasteiger partial charge in [-0.3, -0.25) is 0 Å². The molecule has 0 aromatic carbocycles. The van der Waals surface area contributed by atoms with Crippen molar-refractivity contribution in [3.05, 3.63) is 20.8 Å². The van der Waals surface area contributed by atoms with E-state index in [1.165, 1.54) is 24.1 Å². The summed E-state index contributed by atoms with van der Waals surface area (Å²) in [7, 11) is 0. The van der Waals surface area contributed by atoms with Crippen molar-refractivity contribution < 1.29 is 5.11 Å². The number of hydrogen-bond donors (Lipinski definition) is 1. The summed E-state index contributed by atoms with van der Waals surface area (Å²) < 4.78 is 1.13. The van der Waals surface area contributed by atoms with Crippen LogP contribution in [0.3, 0.4) is 0 Å². The molecule has 3 heteroatoms. The third-order valence-corrected chi connectivity index (χ3v) is 5.21. The highest BCUT2D eigenvalue weighted by Gasteiger charge is 2.36. The predicted molar refractivity (Wildman–Crippen MR) is 68.3 cm³/mol. The van der Waals surface area contributed by atoms with Crippen LogP contribution in [0, 0.1) is 5.92 Å². The molecule has 15 heavy (non-hydrogen) atoms. The van der Waals surface area contributed by atoms with Gasteiger partial charge >= 0.3 is 0 Å². The van der Waals surface area contributed by atoms with Crippen molar-refractivity contribution in [2.75, 3.05) is 0 Å². The van der Waals surface area contributed by atoms with Gasteiger partial charge in [-0.15, -0.1) is 11.3 Å². The van der Waals surface area contributed by atoms with Gasteiger partial charge in [-0.1, -0.05) is 19.8 Å². The van der Waals surface area contributed by atoms with E-state index in [0.29, 0.717) is 5.92 Å². The maximum absolute atomic E-state index is 10.6. The van der Waals surface area contributed by atoms with Crippen LogP contribution in [0.1, 0.15) is 37.5 Å². The summed E-state index contributed by atoms with van der Waals surface area (Å²) in [5.41, 5.74) is -0.456. The molecule has 1 aromatic heterocycles. The minimum atomic E-state index is -0.456. The minimum absolute atomic E-state index is 0.437. The third-order valence-electron chi connectivity index (χ3n) is 3.52. The van der Waals surface area contributed by atoms with Gasteiger partial charge < -0.3 is 5.11 Å². The molecular weight excluding hydrogens is 272 g/mol. The fourth-order valence-electron chi connectivity index (χ4n) is 2.41. The van der Waals surface area contributed by atoms with Gasteiger partial charge in [-0.2, -0.15) is 0 Å². The highest BCUT2D eigenvalue weighted by atomic mass is 79.9. The maximum Gasteiger partial charge on any atom is 0.0721 e. The molecular formula is C12H17BrOS. The van der Waals surface area contributed by atoms with E-state index in [2.05, 4.69) is 34.3 Å². The van der Waals surface area contributed by atoms with Gasteiger partial charge in [0.25, 0.3) is 0 Å². The standard InChI is InChI=1S/C12H17BrOS/c1-9-4-2-3-5-12(9,14)7-11-6-10(13)8-15-11/h6,8-9,14H,2-5,7H2,1H3. The van der Waals surface area contributed by atoms with Gasteiger partial charge in [0.2, 0.25) is 0 Å². The van der Waals surface area contributed by atoms with Gasteiger partial charge in [0.1, 0.15) is 0 Å². The highest BCUT2D eigenvalue weighted by Crippen LogP contribution is 2.37. The van der Waals surface area contributed by atoms with Gasteiger partial charge in [-0.05, 0) is 40.8 Å². The van der Waals surface area contributed by atoms with Crippen LogP contribution >= 0.6 is 27.3 Å². The van der Waals surface area contributed by atoms with Crippen LogP contribution < -0.4 is 0 Å². The molecule has 0 aliphatic heterocycles. The van der Waals surface area contributed by atoms with Crippen molar-refractivity contribution in [1.29, 1.82) is 0 Å². The smallest absolute Gasteiger partial charge is 0.0721 e. The average molecular weight is 289 g/mol. The molecule has 0 bridgehead atoms. The quantitative estimate of drug-likeness (QED) is 0.872. The first kappa shape index (κ1) is 11.6. The zero-order valence-corrected chi connectivity index (χ0v) is 11.4. The molecule has 0 saturated heterocycles. The van der Waals surface area contributed by atoms with Crippen molar-refractivity contribution in [1.82, 2.24) is 0 Å². The molecule has 1 N–H and O–H groups in total. The van der Waals surface area contributed by atoms with Crippen LogP contribution in [0.5, 0.6) is 0 Å². The second-order valence-corrected chi connectivity index (χ2v) is 6.57. The zero-order chi connectivity index (χ0) is 10.9. The molecule has 2 rings (SSSR count). The van der Waals surface area contributed by atoms with Gasteiger partial charge in [-0.25, -0.2) is 0 Å². The molecule has 2 atom stereocenters. The van der Waals surface area contributed by atoms with Crippen LogP contribution in [0.15, 0.2) is 15.9 Å². The van der Waals surface area contributed by atoms with Crippen LogP contribution in [0.25, 0.3) is 0 Å². The Bertz CT molecular complexity index is 336. The summed E-state index contributed by atoms with van der Waals surface area (Å²) >= 11 is 5.20. The topological polar surface area (TPSA) is 20.2 Å². The summed E-state index contributed by atoms with van der Waals surface area (Å²) in [5.74, 6) is 0.437. The lowest BCUT2D eigenvalue weighted by Crippen LogP contribution is -2.41. The highest BCUT2D eigenvalue weighted by molar-refractivity contribution is 9.10. The predicted octanol–water partition coefficient (Wildman–Crippen LogP) is 3.99. The van der Waals surface area contributed by atoms with E-state index in [1.54, 1.807) is 11.3 Å². The Morgan fingerprint density at radius 3 is 3.00 bits per heavy atom. The molecule has 0 radical (unpaired) electrons. The molecule has 1 saturated carbocycles. The summed E-state index contributed by atoms with van der Waals surface area (Å²) in [6.07, 6.45) is 5.40. The lowest BCUT2D eigenvalue weighted by molar-refractivity contribution is -0.0399. The molecule has 1 fully saturated rings. The summed E-state index contributed by atoms with van der Waals surface area (Å²) in [4.78, 5) is 1.29. The first-order chi connectivity index (χ1) is 7.10. The molecule has 0 spiro atoms. The number of thiophene rings is 1. The molecule has 0 amide bonds. The van der Waals surface area contributed by atoms with Crippen molar-refractivity contribution in [2.45, 2.75) is 44.6 Å². The van der Waals surface area contributed by atoms with E-state index < -0.39 is 5.60 Å². The number of halogens is 1. The van der Waals surface area contributed by atoms with E-state index in [4.69, 9.17) is 0 Å². The third kappa shape index (κ3) is 2.63. The Hall–Kier alpha value is 0.140. The van der Waals surface area contributed by atoms with Crippen LogP contribution in [-0.2, 0) is 6.42 Å². The molecule has 84 valence electrons. The Kier molecular flexibility index (Phi) is 3.53. The summed E-state index contributed by atoms with van der Waals surface area (Å²) in [6, 6.07) is 2.13. The van der Waals surface area contributed by atoms with Crippen LogP contribution in [0.2, 0.25) is 0 Å². The normalized spacial score (nSPS) is 31.8. The van der Waals surface area contributed by atoms with Crippen LogP contribution in [-0.4, -0.2) is 10.7 Å². The fourth-order valence-corrected chi connectivity index (χ4v) is 3.98. The van der Waals surface area contributed by atoms with E-state index in [9.17, 15) is 5.11 Å². The SMILES string of the molecule is CC1CCCCC1(O)Cc1cc(Br)cs1. The van der Waals surface area contributed by atoms with Crippen LogP contribution in [0.4, 0.5) is 0 Å². The average Bonchev–Trinajstić information content (AvgIpc) is 2.57. The zero-order valence-electron chi connectivity index (χ0n) is 9.00. The second kappa shape index (κ2) is 4.56. The van der Waals surface area contributed by atoms with Crippen molar-refractivity contribution in [3.8, 4) is 0 Å². The van der Waals surface area contributed by atoms with Crippen molar-refractivity contribution in [2.24, 2.45) is 5.92 Å². The van der Waals surface area contributed by atoms with E-state index >= 15 is 0 Å². The Morgan fingerprint density at radius 1 is 1.60 bits per heavy atom. The van der Waals surface area contributed by atoms with Crippen molar-refractivity contribution in [3.63, 3.8) is 0 Å². The molecule has 1 heterocycles. The number of hydrogen-bond acceptors (Lipinski definition) is 2. The molecule has 2 unspecified atom stereocenters. The van der Waals surface area contributed by atoms with Gasteiger partial charge in [0.05, 0.1) is 5.60 Å². The first-order valence-corrected chi connectivity index (χ1v) is 7.23. The maximum atomic E-state index is 10.6.